The van der Waals surface area contributed by atoms with Gasteiger partial charge >= 0.3 is 0 Å². The summed E-state index contributed by atoms with van der Waals surface area (Å²) in [6.45, 7) is 5.83. The van der Waals surface area contributed by atoms with Gasteiger partial charge in [0.15, 0.2) is 0 Å². The highest BCUT2D eigenvalue weighted by atomic mass is 16.3. The molecule has 1 amide bonds. The molecule has 16 heavy (non-hydrogen) atoms. The number of carbonyl (C=O) groups excluding carboxylic acids is 1. The van der Waals surface area contributed by atoms with Gasteiger partial charge in [-0.3, -0.25) is 4.79 Å². The van der Waals surface area contributed by atoms with Gasteiger partial charge in [0.1, 0.15) is 5.75 Å². The van der Waals surface area contributed by atoms with Gasteiger partial charge < -0.3 is 5.11 Å². The minimum atomic E-state index is -0.405. The number of hydrogen-bond acceptors (Lipinski definition) is 3. The van der Waals surface area contributed by atoms with Crippen molar-refractivity contribution in [2.45, 2.75) is 20.8 Å². The van der Waals surface area contributed by atoms with Crippen LogP contribution in [0.1, 0.15) is 31.1 Å². The lowest BCUT2D eigenvalue weighted by Crippen LogP contribution is -2.20. The first-order valence-corrected chi connectivity index (χ1v) is 5.15. The van der Waals surface area contributed by atoms with Crippen LogP contribution < -0.4 is 5.43 Å². The maximum atomic E-state index is 11.6. The molecule has 0 aromatic heterocycles. The van der Waals surface area contributed by atoms with Gasteiger partial charge in [-0.15, -0.1) is 0 Å². The molecule has 0 spiro atoms. The third-order valence-electron chi connectivity index (χ3n) is 2.32. The summed E-state index contributed by atoms with van der Waals surface area (Å²) < 4.78 is 0. The number of aromatic hydroxyl groups is 1. The number of para-hydroxylation sites is 1. The van der Waals surface area contributed by atoms with Crippen molar-refractivity contribution in [2.24, 2.45) is 11.0 Å². The van der Waals surface area contributed by atoms with Crippen molar-refractivity contribution in [1.29, 1.82) is 0 Å². The topological polar surface area (TPSA) is 61.7 Å². The first kappa shape index (κ1) is 12.2. The predicted molar refractivity (Wildman–Crippen MR) is 63.5 cm³/mol. The Morgan fingerprint density at radius 1 is 1.38 bits per heavy atom. The summed E-state index contributed by atoms with van der Waals surface area (Å²) in [5.74, 6) is -0.167. The third-order valence-corrected chi connectivity index (χ3v) is 2.32. The lowest BCUT2D eigenvalue weighted by Gasteiger charge is -2.05. The highest BCUT2D eigenvalue weighted by Gasteiger charge is 2.09. The van der Waals surface area contributed by atoms with Crippen LogP contribution in [0.2, 0.25) is 0 Å². The smallest absolute Gasteiger partial charge is 0.275 e. The minimum absolute atomic E-state index is 0.0441. The van der Waals surface area contributed by atoms with E-state index < -0.39 is 5.91 Å². The molecule has 0 bridgehead atoms. The van der Waals surface area contributed by atoms with Gasteiger partial charge in [-0.05, 0) is 25.0 Å². The van der Waals surface area contributed by atoms with Crippen molar-refractivity contribution in [2.75, 3.05) is 0 Å². The Morgan fingerprint density at radius 3 is 2.56 bits per heavy atom. The molecule has 0 fully saturated rings. The summed E-state index contributed by atoms with van der Waals surface area (Å²) in [6.07, 6.45) is 0. The summed E-state index contributed by atoms with van der Waals surface area (Å²) in [7, 11) is 0. The Labute approximate surface area is 95.0 Å². The third kappa shape index (κ3) is 3.08. The Hall–Kier alpha value is -1.84. The molecule has 86 valence electrons. The number of carbonyl (C=O) groups is 1. The summed E-state index contributed by atoms with van der Waals surface area (Å²) in [4.78, 5) is 11.6. The molecule has 0 saturated heterocycles. The molecule has 4 heteroatoms. The molecule has 0 unspecified atom stereocenters. The molecular formula is C12H16N2O2. The van der Waals surface area contributed by atoms with E-state index in [-0.39, 0.29) is 17.2 Å². The minimum Gasteiger partial charge on any atom is -0.507 e. The van der Waals surface area contributed by atoms with E-state index in [1.807, 2.05) is 20.8 Å². The molecule has 0 saturated carbocycles. The summed E-state index contributed by atoms with van der Waals surface area (Å²) in [6, 6.07) is 6.36. The summed E-state index contributed by atoms with van der Waals surface area (Å²) >= 11 is 0. The highest BCUT2D eigenvalue weighted by molar-refractivity contribution is 5.97. The van der Waals surface area contributed by atoms with Crippen molar-refractivity contribution < 1.29 is 9.90 Å². The van der Waals surface area contributed by atoms with Crippen LogP contribution in [0, 0.1) is 5.92 Å². The SMILES string of the molecule is C/C(=N\NC(=O)c1ccccc1O)C(C)C. The molecule has 4 nitrogen and oxygen atoms in total. The zero-order valence-corrected chi connectivity index (χ0v) is 9.69. The molecule has 0 aliphatic heterocycles. The van der Waals surface area contributed by atoms with E-state index in [1.54, 1.807) is 18.2 Å². The van der Waals surface area contributed by atoms with Crippen LogP contribution in [0.15, 0.2) is 29.4 Å². The van der Waals surface area contributed by atoms with Crippen LogP contribution in [-0.4, -0.2) is 16.7 Å². The summed E-state index contributed by atoms with van der Waals surface area (Å²) in [5.41, 5.74) is 3.47. The largest absolute Gasteiger partial charge is 0.507 e. The van der Waals surface area contributed by atoms with Crippen molar-refractivity contribution in [3.63, 3.8) is 0 Å². The van der Waals surface area contributed by atoms with E-state index in [9.17, 15) is 9.90 Å². The second-order valence-electron chi connectivity index (χ2n) is 3.87. The van der Waals surface area contributed by atoms with Gasteiger partial charge in [0.25, 0.3) is 5.91 Å². The van der Waals surface area contributed by atoms with E-state index in [2.05, 4.69) is 10.5 Å². The Balaban J connectivity index is 2.74. The van der Waals surface area contributed by atoms with Gasteiger partial charge in [0.05, 0.1) is 5.56 Å². The predicted octanol–water partition coefficient (Wildman–Crippen LogP) is 2.15. The zero-order chi connectivity index (χ0) is 12.1. The highest BCUT2D eigenvalue weighted by Crippen LogP contribution is 2.14. The Morgan fingerprint density at radius 2 is 2.00 bits per heavy atom. The number of nitrogens with zero attached hydrogens (tertiary/aromatic N) is 1. The molecule has 0 atom stereocenters. The second kappa shape index (κ2) is 5.30. The summed E-state index contributed by atoms with van der Waals surface area (Å²) in [5, 5.41) is 13.4. The van der Waals surface area contributed by atoms with E-state index >= 15 is 0 Å². The molecule has 0 heterocycles. The van der Waals surface area contributed by atoms with Gasteiger partial charge in [0, 0.05) is 5.71 Å². The lowest BCUT2D eigenvalue weighted by atomic mass is 10.1. The molecular weight excluding hydrogens is 204 g/mol. The molecule has 1 rings (SSSR count). The molecule has 0 aliphatic rings. The average Bonchev–Trinajstić information content (AvgIpc) is 2.25. The molecule has 0 aliphatic carbocycles. The fourth-order valence-corrected chi connectivity index (χ4v) is 0.994. The number of hydrogen-bond donors (Lipinski definition) is 2. The lowest BCUT2D eigenvalue weighted by molar-refractivity contribution is 0.0952. The van der Waals surface area contributed by atoms with Gasteiger partial charge in [-0.1, -0.05) is 26.0 Å². The van der Waals surface area contributed by atoms with Crippen molar-refractivity contribution in [3.05, 3.63) is 29.8 Å². The van der Waals surface area contributed by atoms with Crippen molar-refractivity contribution in [1.82, 2.24) is 5.43 Å². The van der Waals surface area contributed by atoms with Crippen molar-refractivity contribution >= 4 is 11.6 Å². The fourth-order valence-electron chi connectivity index (χ4n) is 0.994. The normalized spacial score (nSPS) is 11.6. The van der Waals surface area contributed by atoms with E-state index in [4.69, 9.17) is 0 Å². The fraction of sp³-hybridized carbons (Fsp3) is 0.333. The Kier molecular flexibility index (Phi) is 4.05. The van der Waals surface area contributed by atoms with Crippen LogP contribution in [0.4, 0.5) is 0 Å². The maximum absolute atomic E-state index is 11.6. The number of phenolic OH excluding ortho intramolecular Hbond substituents is 1. The standard InChI is InChI=1S/C12H16N2O2/c1-8(2)9(3)13-14-12(16)10-6-4-5-7-11(10)15/h4-8,15H,1-3H3,(H,14,16)/b13-9+. The molecule has 1 aromatic carbocycles. The van der Waals surface area contributed by atoms with Gasteiger partial charge in [-0.25, -0.2) is 5.43 Å². The van der Waals surface area contributed by atoms with Crippen LogP contribution >= 0.6 is 0 Å². The van der Waals surface area contributed by atoms with Crippen LogP contribution in [0.25, 0.3) is 0 Å². The maximum Gasteiger partial charge on any atom is 0.275 e. The van der Waals surface area contributed by atoms with E-state index in [0.717, 1.165) is 5.71 Å². The van der Waals surface area contributed by atoms with E-state index in [0.29, 0.717) is 0 Å². The van der Waals surface area contributed by atoms with Crippen LogP contribution in [0.5, 0.6) is 5.75 Å². The molecule has 1 aromatic rings. The quantitative estimate of drug-likeness (QED) is 0.605. The molecule has 0 radical (unpaired) electrons. The first-order chi connectivity index (χ1) is 7.52. The second-order valence-corrected chi connectivity index (χ2v) is 3.87. The number of rotatable bonds is 3. The van der Waals surface area contributed by atoms with Crippen LogP contribution in [0.3, 0.4) is 0 Å². The number of amides is 1. The van der Waals surface area contributed by atoms with Crippen LogP contribution in [-0.2, 0) is 0 Å². The average molecular weight is 220 g/mol. The zero-order valence-electron chi connectivity index (χ0n) is 9.69. The number of nitrogens with one attached hydrogen (secondary N) is 1. The first-order valence-electron chi connectivity index (χ1n) is 5.15. The monoisotopic (exact) mass is 220 g/mol. The van der Waals surface area contributed by atoms with E-state index in [1.165, 1.54) is 6.07 Å². The Bertz CT molecular complexity index is 411. The number of hydrazone groups is 1. The molecule has 2 N–H and O–H groups in total. The number of benzene rings is 1. The van der Waals surface area contributed by atoms with Crippen molar-refractivity contribution in [3.8, 4) is 5.75 Å². The number of phenols is 1. The van der Waals surface area contributed by atoms with Gasteiger partial charge in [0.2, 0.25) is 0 Å². The van der Waals surface area contributed by atoms with Gasteiger partial charge in [-0.2, -0.15) is 5.10 Å².